The predicted octanol–water partition coefficient (Wildman–Crippen LogP) is -2.71. The fraction of sp³-hybridized carbons (Fsp3) is 0. The quantitative estimate of drug-likeness (QED) is 0.426. The Balaban J connectivity index is 4.43. The van der Waals surface area contributed by atoms with Crippen LogP contribution in [0.2, 0.25) is 0 Å². The maximum atomic E-state index is 11.8. The van der Waals surface area contributed by atoms with Crippen LogP contribution < -0.4 is 26.7 Å². The molecule has 0 aliphatic heterocycles. The summed E-state index contributed by atoms with van der Waals surface area (Å²) in [6, 6.07) is 2.90. The summed E-state index contributed by atoms with van der Waals surface area (Å²) < 4.78 is 0. The van der Waals surface area contributed by atoms with Gasteiger partial charge in [0.15, 0.2) is 0 Å². The molecular formula is C11H4N4O3. The van der Waals surface area contributed by atoms with Crippen molar-refractivity contribution in [3.8, 4) is 12.1 Å². The molecule has 18 heavy (non-hydrogen) atoms. The molecule has 86 valence electrons. The smallest absolute Gasteiger partial charge is 0.239 e. The summed E-state index contributed by atoms with van der Waals surface area (Å²) in [5.74, 6) is 0. The van der Waals surface area contributed by atoms with Crippen LogP contribution in [-0.4, -0.2) is 12.4 Å². The summed E-state index contributed by atoms with van der Waals surface area (Å²) in [5, 5.41) is 29.6. The van der Waals surface area contributed by atoms with E-state index in [0.29, 0.717) is 12.4 Å². The lowest BCUT2D eigenvalue weighted by molar-refractivity contribution is 1.48. The number of nitrogens with one attached hydrogen (secondary N) is 2. The third kappa shape index (κ3) is 1.66. The van der Waals surface area contributed by atoms with E-state index in [2.05, 4.69) is 0 Å². The fourth-order valence-corrected chi connectivity index (χ4v) is 1.37. The van der Waals surface area contributed by atoms with Crippen LogP contribution in [0, 0.1) is 33.5 Å². The Bertz CT molecular complexity index is 814. The summed E-state index contributed by atoms with van der Waals surface area (Å²) >= 11 is 0. The van der Waals surface area contributed by atoms with Crippen molar-refractivity contribution in [2.45, 2.75) is 0 Å². The molecule has 7 nitrogen and oxygen atoms in total. The Labute approximate surface area is 98.9 Å². The molecule has 0 amide bonds. The van der Waals surface area contributed by atoms with Gasteiger partial charge in [0.1, 0.15) is 12.1 Å². The van der Waals surface area contributed by atoms with Crippen LogP contribution in [0.5, 0.6) is 0 Å². The molecule has 2 N–H and O–H groups in total. The van der Waals surface area contributed by atoms with Crippen LogP contribution in [0.3, 0.4) is 0 Å². The molecule has 0 bridgehead atoms. The second-order valence-corrected chi connectivity index (χ2v) is 3.08. The highest BCUT2D eigenvalue weighted by Gasteiger charge is 2.14. The Hall–Kier alpha value is -3.19. The molecule has 0 aliphatic rings. The largest absolute Gasteiger partial charge is 0.307 e. The summed E-state index contributed by atoms with van der Waals surface area (Å²) in [5.41, 5.74) is -4.65. The molecule has 0 aromatic heterocycles. The second-order valence-electron chi connectivity index (χ2n) is 3.08. The lowest BCUT2D eigenvalue weighted by atomic mass is 10.2. The lowest BCUT2D eigenvalue weighted by Gasteiger charge is -1.79. The zero-order valence-corrected chi connectivity index (χ0v) is 8.77. The minimum absolute atomic E-state index is 0.484. The van der Waals surface area contributed by atoms with Gasteiger partial charge in [-0.1, -0.05) is 0 Å². The lowest BCUT2D eigenvalue weighted by Crippen LogP contribution is -2.39. The molecule has 0 saturated carbocycles. The van der Waals surface area contributed by atoms with E-state index in [0.717, 1.165) is 0 Å². The summed E-state index contributed by atoms with van der Waals surface area (Å²) in [4.78, 5) is 34.8. The molecule has 1 aromatic carbocycles. The van der Waals surface area contributed by atoms with E-state index in [9.17, 15) is 14.4 Å². The molecule has 1 rings (SSSR count). The van der Waals surface area contributed by atoms with E-state index < -0.39 is 37.9 Å². The Morgan fingerprint density at radius 2 is 1.17 bits per heavy atom. The molecule has 0 radical (unpaired) electrons. The van der Waals surface area contributed by atoms with E-state index in [1.807, 2.05) is 0 Å². The van der Waals surface area contributed by atoms with Crippen LogP contribution in [0.25, 0.3) is 11.1 Å². The highest BCUT2D eigenvalue weighted by Crippen LogP contribution is 1.79. The van der Waals surface area contributed by atoms with Crippen LogP contribution >= 0.6 is 0 Å². The third-order valence-electron chi connectivity index (χ3n) is 2.18. The van der Waals surface area contributed by atoms with Gasteiger partial charge in [0.2, 0.25) is 16.3 Å². The summed E-state index contributed by atoms with van der Waals surface area (Å²) in [6.07, 6.45) is 0.968. The van der Waals surface area contributed by atoms with E-state index in [1.165, 1.54) is 12.1 Å². The van der Waals surface area contributed by atoms with E-state index >= 15 is 0 Å². The molecule has 0 saturated heterocycles. The van der Waals surface area contributed by atoms with Crippen molar-refractivity contribution < 1.29 is 0 Å². The van der Waals surface area contributed by atoms with Crippen molar-refractivity contribution in [2.24, 2.45) is 0 Å². The van der Waals surface area contributed by atoms with Crippen molar-refractivity contribution in [3.63, 3.8) is 0 Å². The maximum Gasteiger partial charge on any atom is 0.239 e. The number of hydrogen-bond acceptors (Lipinski definition) is 7. The van der Waals surface area contributed by atoms with E-state index in [4.69, 9.17) is 21.3 Å². The Kier molecular flexibility index (Phi) is 3.41. The molecule has 0 unspecified atom stereocenters. The van der Waals surface area contributed by atoms with Gasteiger partial charge in [-0.15, -0.1) is 0 Å². The van der Waals surface area contributed by atoms with Gasteiger partial charge >= 0.3 is 0 Å². The Morgan fingerprint density at radius 3 is 1.39 bits per heavy atom. The molecule has 0 heterocycles. The summed E-state index contributed by atoms with van der Waals surface area (Å²) in [7, 11) is 0. The zero-order valence-electron chi connectivity index (χ0n) is 8.77. The zero-order chi connectivity index (χ0) is 13.9. The summed E-state index contributed by atoms with van der Waals surface area (Å²) in [6.45, 7) is 0. The number of nitrogens with zero attached hydrogens (tertiary/aromatic N) is 2. The van der Waals surface area contributed by atoms with Gasteiger partial charge in [0.05, 0.1) is 21.6 Å². The first-order chi connectivity index (χ1) is 8.53. The second kappa shape index (κ2) is 4.76. The van der Waals surface area contributed by atoms with Gasteiger partial charge in [0.25, 0.3) is 0 Å². The monoisotopic (exact) mass is 240 g/mol. The van der Waals surface area contributed by atoms with Crippen molar-refractivity contribution in [2.75, 3.05) is 0 Å². The molecule has 7 heteroatoms. The molecule has 0 fully saturated rings. The number of nitriles is 2. The minimum Gasteiger partial charge on any atom is -0.307 e. The maximum absolute atomic E-state index is 11.8. The van der Waals surface area contributed by atoms with E-state index in [-0.39, 0.29) is 0 Å². The molecule has 1 aromatic rings. The molecule has 0 aliphatic carbocycles. The first-order valence-corrected chi connectivity index (χ1v) is 4.46. The number of hydrogen-bond donors (Lipinski definition) is 2. The first kappa shape index (κ1) is 12.9. The third-order valence-corrected chi connectivity index (χ3v) is 2.18. The molecule has 0 atom stereocenters. The van der Waals surface area contributed by atoms with Crippen LogP contribution in [0.15, 0.2) is 14.4 Å². The average Bonchev–Trinajstić information content (AvgIpc) is 2.59. The average molecular weight is 240 g/mol. The van der Waals surface area contributed by atoms with Gasteiger partial charge in [0, 0.05) is 12.4 Å². The van der Waals surface area contributed by atoms with Gasteiger partial charge < -0.3 is 10.8 Å². The fourth-order valence-electron chi connectivity index (χ4n) is 1.37. The van der Waals surface area contributed by atoms with Gasteiger partial charge in [-0.05, 0) is 0 Å². The van der Waals surface area contributed by atoms with Crippen molar-refractivity contribution in [3.05, 3.63) is 41.1 Å². The number of rotatable bonds is 2. The van der Waals surface area contributed by atoms with Gasteiger partial charge in [-0.3, -0.25) is 14.4 Å². The molecular weight excluding hydrogens is 236 g/mol. The molecule has 0 spiro atoms. The standard InChI is InChI=1S/C11H4N4O3/c12-1-5(2-13)7-9(16)8(6(3-14)4-15)11(18)10(7)17/h1,3,12,14H/b7-5-,8-6+,12-1?,14-3?. The predicted molar refractivity (Wildman–Crippen MR) is 62.5 cm³/mol. The van der Waals surface area contributed by atoms with Crippen LogP contribution in [0.4, 0.5) is 0 Å². The van der Waals surface area contributed by atoms with Crippen LogP contribution in [0.1, 0.15) is 0 Å². The SMILES string of the molecule is N#C/C(C=N)=c1\c(=O)c(=O)/c(=C(/C#N)C=N)c1=O. The topological polar surface area (TPSA) is 146 Å². The van der Waals surface area contributed by atoms with Crippen LogP contribution in [-0.2, 0) is 0 Å². The Morgan fingerprint density at radius 1 is 0.833 bits per heavy atom. The van der Waals surface area contributed by atoms with Crippen molar-refractivity contribution >= 4 is 23.6 Å². The van der Waals surface area contributed by atoms with Gasteiger partial charge in [-0.2, -0.15) is 10.5 Å². The van der Waals surface area contributed by atoms with E-state index in [1.54, 1.807) is 0 Å². The highest BCUT2D eigenvalue weighted by atomic mass is 16.2. The van der Waals surface area contributed by atoms with Crippen molar-refractivity contribution in [1.82, 2.24) is 0 Å². The minimum atomic E-state index is -1.23. The van der Waals surface area contributed by atoms with Gasteiger partial charge in [-0.25, -0.2) is 0 Å². The first-order valence-electron chi connectivity index (χ1n) is 4.46. The normalized spacial score (nSPS) is 13.0. The highest BCUT2D eigenvalue weighted by molar-refractivity contribution is 6.08. The van der Waals surface area contributed by atoms with Crippen molar-refractivity contribution in [1.29, 1.82) is 21.3 Å².